The minimum Gasteiger partial charge on any atom is -0.447 e. The van der Waals surface area contributed by atoms with Gasteiger partial charge >= 0.3 is 6.09 Å². The lowest BCUT2D eigenvalue weighted by molar-refractivity contribution is 0.113. The predicted octanol–water partition coefficient (Wildman–Crippen LogP) is 0.525. The molecule has 5 nitrogen and oxygen atoms in total. The van der Waals surface area contributed by atoms with E-state index >= 15 is 0 Å². The third-order valence-electron chi connectivity index (χ3n) is 1.93. The molecule has 1 rings (SSSR count). The number of rotatable bonds is 2. The Morgan fingerprint density at radius 1 is 1.47 bits per heavy atom. The highest BCUT2D eigenvalue weighted by atomic mass is 35.5. The van der Waals surface area contributed by atoms with E-state index in [4.69, 9.17) is 16.3 Å². The van der Waals surface area contributed by atoms with Crippen LogP contribution in [-0.2, 0) is 14.6 Å². The maximum atomic E-state index is 11.2. The van der Waals surface area contributed by atoms with Crippen molar-refractivity contribution in [3.05, 3.63) is 0 Å². The Bertz CT molecular complexity index is 341. The Labute approximate surface area is 94.0 Å². The van der Waals surface area contributed by atoms with Crippen molar-refractivity contribution >= 4 is 27.5 Å². The zero-order valence-corrected chi connectivity index (χ0v) is 10.1. The molecule has 0 aliphatic carbocycles. The van der Waals surface area contributed by atoms with Crippen molar-refractivity contribution in [3.63, 3.8) is 0 Å². The van der Waals surface area contributed by atoms with E-state index in [0.717, 1.165) is 0 Å². The molecular formula is C8H14ClNO4S. The van der Waals surface area contributed by atoms with Crippen LogP contribution in [-0.4, -0.2) is 43.5 Å². The molecule has 0 aromatic heterocycles. The van der Waals surface area contributed by atoms with E-state index in [1.165, 1.54) is 0 Å². The second-order valence-corrected chi connectivity index (χ2v) is 6.51. The third-order valence-corrected chi connectivity index (χ3v) is 4.30. The fourth-order valence-corrected chi connectivity index (χ4v) is 3.89. The molecule has 1 amide bonds. The summed E-state index contributed by atoms with van der Waals surface area (Å²) in [5.41, 5.74) is 0. The van der Waals surface area contributed by atoms with Crippen molar-refractivity contribution in [1.29, 1.82) is 0 Å². The van der Waals surface area contributed by atoms with Crippen LogP contribution in [0.3, 0.4) is 0 Å². The zero-order valence-electron chi connectivity index (χ0n) is 8.57. The van der Waals surface area contributed by atoms with Gasteiger partial charge in [-0.2, -0.15) is 0 Å². The summed E-state index contributed by atoms with van der Waals surface area (Å²) >= 11 is 5.79. The Morgan fingerprint density at radius 3 is 2.47 bits per heavy atom. The Kier molecular flexibility index (Phi) is 3.83. The highest BCUT2D eigenvalue weighted by molar-refractivity contribution is 7.91. The maximum absolute atomic E-state index is 11.2. The number of alkyl halides is 1. The lowest BCUT2D eigenvalue weighted by Crippen LogP contribution is -2.41. The van der Waals surface area contributed by atoms with Crippen LogP contribution in [0.5, 0.6) is 0 Å². The summed E-state index contributed by atoms with van der Waals surface area (Å²) in [6.45, 7) is 3.42. The minimum absolute atomic E-state index is 0.0961. The minimum atomic E-state index is -3.12. The number of amides is 1. The average molecular weight is 256 g/mol. The second-order valence-electron chi connectivity index (χ2n) is 3.80. The number of halogens is 1. The van der Waals surface area contributed by atoms with Gasteiger partial charge in [0.15, 0.2) is 9.84 Å². The number of ether oxygens (including phenoxy) is 1. The van der Waals surface area contributed by atoms with Crippen LogP contribution in [0.4, 0.5) is 4.79 Å². The molecule has 1 aliphatic rings. The van der Waals surface area contributed by atoms with Gasteiger partial charge in [-0.3, -0.25) is 0 Å². The van der Waals surface area contributed by atoms with Gasteiger partial charge in [-0.1, -0.05) is 0 Å². The van der Waals surface area contributed by atoms with Crippen LogP contribution in [0.15, 0.2) is 0 Å². The first-order valence-corrected chi connectivity index (χ1v) is 6.87. The molecule has 0 aromatic carbocycles. The van der Waals surface area contributed by atoms with Crippen molar-refractivity contribution in [3.8, 4) is 0 Å². The smallest absolute Gasteiger partial charge is 0.407 e. The third kappa shape index (κ3) is 3.87. The van der Waals surface area contributed by atoms with Crippen molar-refractivity contribution in [1.82, 2.24) is 5.32 Å². The molecule has 0 bridgehead atoms. The standard InChI is InChI=1S/C8H14ClNO4S/c1-5(2)14-8(11)10-7-4-15(12,13)3-6(7)9/h5-7H,3-4H2,1-2H3,(H,10,11). The van der Waals surface area contributed by atoms with Crippen molar-refractivity contribution in [2.45, 2.75) is 31.4 Å². The normalized spacial score (nSPS) is 29.1. The molecule has 0 aromatic rings. The van der Waals surface area contributed by atoms with Gasteiger partial charge in [0.25, 0.3) is 0 Å². The van der Waals surface area contributed by atoms with Crippen LogP contribution >= 0.6 is 11.6 Å². The number of hydrogen-bond acceptors (Lipinski definition) is 4. The molecule has 0 saturated carbocycles. The largest absolute Gasteiger partial charge is 0.447 e. The van der Waals surface area contributed by atoms with Crippen molar-refractivity contribution < 1.29 is 17.9 Å². The summed E-state index contributed by atoms with van der Waals surface area (Å²) in [4.78, 5) is 11.2. The van der Waals surface area contributed by atoms with Gasteiger partial charge in [0.2, 0.25) is 0 Å². The fourth-order valence-electron chi connectivity index (χ4n) is 1.34. The van der Waals surface area contributed by atoms with Gasteiger partial charge in [0.05, 0.1) is 29.0 Å². The quantitative estimate of drug-likeness (QED) is 0.731. The van der Waals surface area contributed by atoms with Gasteiger partial charge in [-0.15, -0.1) is 11.6 Å². The fraction of sp³-hybridized carbons (Fsp3) is 0.875. The van der Waals surface area contributed by atoms with Gasteiger partial charge in [0, 0.05) is 0 Å². The zero-order chi connectivity index (χ0) is 11.6. The number of carbonyl (C=O) groups is 1. The molecule has 2 atom stereocenters. The molecule has 1 fully saturated rings. The Balaban J connectivity index is 2.50. The predicted molar refractivity (Wildman–Crippen MR) is 56.8 cm³/mol. The van der Waals surface area contributed by atoms with E-state index in [0.29, 0.717) is 0 Å². The molecule has 1 aliphatic heterocycles. The number of carbonyl (C=O) groups excluding carboxylic acids is 1. The summed E-state index contributed by atoms with van der Waals surface area (Å²) < 4.78 is 27.2. The molecule has 88 valence electrons. The SMILES string of the molecule is CC(C)OC(=O)NC1CS(=O)(=O)CC1Cl. The molecule has 2 unspecified atom stereocenters. The highest BCUT2D eigenvalue weighted by Gasteiger charge is 2.37. The number of nitrogens with one attached hydrogen (secondary N) is 1. The van der Waals surface area contributed by atoms with Crippen molar-refractivity contribution in [2.75, 3.05) is 11.5 Å². The van der Waals surface area contributed by atoms with Crippen molar-refractivity contribution in [2.24, 2.45) is 0 Å². The van der Waals surface area contributed by atoms with E-state index in [9.17, 15) is 13.2 Å². The van der Waals surface area contributed by atoms with E-state index in [-0.39, 0.29) is 17.6 Å². The van der Waals surface area contributed by atoms with Crippen LogP contribution in [0, 0.1) is 0 Å². The van der Waals surface area contributed by atoms with Gasteiger partial charge < -0.3 is 10.1 Å². The first-order valence-electron chi connectivity index (χ1n) is 4.62. The van der Waals surface area contributed by atoms with Gasteiger partial charge in [-0.05, 0) is 13.8 Å². The van der Waals surface area contributed by atoms with E-state index in [1.807, 2.05) is 0 Å². The van der Waals surface area contributed by atoms with Gasteiger partial charge in [-0.25, -0.2) is 13.2 Å². The van der Waals surface area contributed by atoms with Crippen LogP contribution in [0.1, 0.15) is 13.8 Å². The molecule has 1 saturated heterocycles. The first-order chi connectivity index (χ1) is 6.80. The summed E-state index contributed by atoms with van der Waals surface area (Å²) in [5.74, 6) is -0.213. The second kappa shape index (κ2) is 4.57. The van der Waals surface area contributed by atoms with E-state index < -0.39 is 27.3 Å². The monoisotopic (exact) mass is 255 g/mol. The first kappa shape index (κ1) is 12.6. The molecule has 15 heavy (non-hydrogen) atoms. The molecule has 1 heterocycles. The average Bonchev–Trinajstić information content (AvgIpc) is 2.22. The van der Waals surface area contributed by atoms with Crippen LogP contribution in [0.2, 0.25) is 0 Å². The highest BCUT2D eigenvalue weighted by Crippen LogP contribution is 2.18. The maximum Gasteiger partial charge on any atom is 0.407 e. The topological polar surface area (TPSA) is 72.5 Å². The number of sulfone groups is 1. The van der Waals surface area contributed by atoms with Gasteiger partial charge in [0.1, 0.15) is 0 Å². The number of alkyl carbamates (subject to hydrolysis) is 1. The summed E-state index contributed by atoms with van der Waals surface area (Å²) in [6, 6.07) is -0.553. The van der Waals surface area contributed by atoms with E-state index in [1.54, 1.807) is 13.8 Å². The Morgan fingerprint density at radius 2 is 2.07 bits per heavy atom. The molecular weight excluding hydrogens is 242 g/mol. The summed E-state index contributed by atoms with van der Waals surface area (Å²) in [7, 11) is -3.12. The lowest BCUT2D eigenvalue weighted by Gasteiger charge is -2.15. The van der Waals surface area contributed by atoms with Crippen LogP contribution < -0.4 is 5.32 Å². The molecule has 0 spiro atoms. The molecule has 1 N–H and O–H groups in total. The molecule has 7 heteroatoms. The van der Waals surface area contributed by atoms with E-state index in [2.05, 4.69) is 5.32 Å². The summed E-state index contributed by atoms with van der Waals surface area (Å²) in [5, 5.41) is 1.87. The number of hydrogen-bond donors (Lipinski definition) is 1. The molecule has 0 radical (unpaired) electrons. The summed E-state index contributed by atoms with van der Waals surface area (Å²) in [6.07, 6.45) is -0.866. The lowest BCUT2D eigenvalue weighted by atomic mass is 10.3. The van der Waals surface area contributed by atoms with Crippen LogP contribution in [0.25, 0.3) is 0 Å². The Hall–Kier alpha value is -0.490.